The Kier molecular flexibility index (Phi) is 3.34. The summed E-state index contributed by atoms with van der Waals surface area (Å²) >= 11 is 0. The molecular weight excluding hydrogens is 188 g/mol. The Morgan fingerprint density at radius 2 is 2.00 bits per heavy atom. The number of rotatable bonds is 3. The highest BCUT2D eigenvalue weighted by molar-refractivity contribution is 4.84. The van der Waals surface area contributed by atoms with Gasteiger partial charge in [-0.05, 0) is 43.4 Å². The molecule has 0 unspecified atom stereocenters. The Bertz CT molecular complexity index is 273. The second-order valence-corrected chi connectivity index (χ2v) is 5.06. The van der Waals surface area contributed by atoms with E-state index in [0.29, 0.717) is 0 Å². The van der Waals surface area contributed by atoms with Gasteiger partial charge in [0.1, 0.15) is 0 Å². The highest BCUT2D eigenvalue weighted by Gasteiger charge is 2.24. The van der Waals surface area contributed by atoms with Crippen LogP contribution >= 0.6 is 0 Å². The normalized spacial score (nSPS) is 27.1. The van der Waals surface area contributed by atoms with Crippen molar-refractivity contribution in [2.24, 2.45) is 17.8 Å². The zero-order valence-corrected chi connectivity index (χ0v) is 9.61. The van der Waals surface area contributed by atoms with Gasteiger partial charge in [-0.1, -0.05) is 19.1 Å². The topological polar surface area (TPSA) is 54.5 Å². The lowest BCUT2D eigenvalue weighted by molar-refractivity contribution is 0.222. The van der Waals surface area contributed by atoms with Crippen molar-refractivity contribution in [2.45, 2.75) is 46.0 Å². The molecule has 1 aliphatic carbocycles. The Labute approximate surface area is 90.8 Å². The lowest BCUT2D eigenvalue weighted by atomic mass is 9.76. The molecule has 1 N–H and O–H groups in total. The molecule has 15 heavy (non-hydrogen) atoms. The molecule has 1 aromatic heterocycles. The predicted octanol–water partition coefficient (Wildman–Crippen LogP) is 2.20. The summed E-state index contributed by atoms with van der Waals surface area (Å²) in [4.78, 5) is 0. The molecule has 0 spiro atoms. The van der Waals surface area contributed by atoms with Gasteiger partial charge in [-0.3, -0.25) is 0 Å². The van der Waals surface area contributed by atoms with Crippen LogP contribution in [0.15, 0.2) is 0 Å². The second kappa shape index (κ2) is 4.73. The monoisotopic (exact) mass is 208 g/mol. The Balaban J connectivity index is 1.79. The van der Waals surface area contributed by atoms with Gasteiger partial charge < -0.3 is 0 Å². The van der Waals surface area contributed by atoms with Crippen LogP contribution in [0.4, 0.5) is 0 Å². The fourth-order valence-electron chi connectivity index (χ4n) is 2.59. The van der Waals surface area contributed by atoms with Crippen LogP contribution in [-0.2, 0) is 6.42 Å². The van der Waals surface area contributed by atoms with E-state index in [0.717, 1.165) is 30.0 Å². The first kappa shape index (κ1) is 10.6. The molecule has 1 aliphatic rings. The van der Waals surface area contributed by atoms with Crippen molar-refractivity contribution in [2.75, 3.05) is 0 Å². The second-order valence-electron chi connectivity index (χ2n) is 5.06. The third-order valence-electron chi connectivity index (χ3n) is 3.69. The standard InChI is InChI=1S/C11H20N4/c1-8(2)10-5-3-9(4-6-10)7-11-12-14-15-13-11/h8-10H,3-7H2,1-2H3,(H,12,13,14,15)/t9-,10-. The van der Waals surface area contributed by atoms with E-state index in [2.05, 4.69) is 34.5 Å². The molecule has 4 nitrogen and oxygen atoms in total. The molecule has 0 aromatic carbocycles. The van der Waals surface area contributed by atoms with E-state index in [9.17, 15) is 0 Å². The van der Waals surface area contributed by atoms with Crippen molar-refractivity contribution in [3.63, 3.8) is 0 Å². The van der Waals surface area contributed by atoms with Crippen molar-refractivity contribution in [3.8, 4) is 0 Å². The number of nitrogens with one attached hydrogen (secondary N) is 1. The van der Waals surface area contributed by atoms with Crippen LogP contribution in [0.1, 0.15) is 45.4 Å². The minimum atomic E-state index is 0.776. The van der Waals surface area contributed by atoms with Crippen LogP contribution in [0.25, 0.3) is 0 Å². The summed E-state index contributed by atoms with van der Waals surface area (Å²) in [5, 5.41) is 14.1. The Morgan fingerprint density at radius 3 is 2.53 bits per heavy atom. The molecule has 0 radical (unpaired) electrons. The van der Waals surface area contributed by atoms with Crippen LogP contribution in [0.2, 0.25) is 0 Å². The highest BCUT2D eigenvalue weighted by atomic mass is 15.5. The SMILES string of the molecule is CC(C)[C@H]1CC[C@H](Cc2nn[nH]n2)CC1. The number of tetrazole rings is 1. The predicted molar refractivity (Wildman–Crippen MR) is 58.2 cm³/mol. The van der Waals surface area contributed by atoms with E-state index in [1.165, 1.54) is 25.7 Å². The van der Waals surface area contributed by atoms with Crippen molar-refractivity contribution >= 4 is 0 Å². The minimum absolute atomic E-state index is 0.776. The van der Waals surface area contributed by atoms with Crippen molar-refractivity contribution in [1.82, 2.24) is 20.6 Å². The average molecular weight is 208 g/mol. The maximum absolute atomic E-state index is 4.02. The summed E-state index contributed by atoms with van der Waals surface area (Å²) in [6.45, 7) is 4.67. The molecule has 0 bridgehead atoms. The third kappa shape index (κ3) is 2.76. The molecule has 1 aromatic rings. The van der Waals surface area contributed by atoms with Crippen LogP contribution in [0.5, 0.6) is 0 Å². The van der Waals surface area contributed by atoms with E-state index < -0.39 is 0 Å². The maximum atomic E-state index is 4.02. The van der Waals surface area contributed by atoms with Gasteiger partial charge in [0.15, 0.2) is 5.82 Å². The number of aromatic nitrogens is 4. The quantitative estimate of drug-likeness (QED) is 0.828. The fourth-order valence-corrected chi connectivity index (χ4v) is 2.59. The molecule has 1 heterocycles. The zero-order chi connectivity index (χ0) is 10.7. The lowest BCUT2D eigenvalue weighted by Crippen LogP contribution is -2.20. The Morgan fingerprint density at radius 1 is 1.27 bits per heavy atom. The van der Waals surface area contributed by atoms with Gasteiger partial charge >= 0.3 is 0 Å². The summed E-state index contributed by atoms with van der Waals surface area (Å²) in [7, 11) is 0. The molecule has 2 rings (SSSR count). The van der Waals surface area contributed by atoms with Gasteiger partial charge in [-0.25, -0.2) is 0 Å². The van der Waals surface area contributed by atoms with E-state index >= 15 is 0 Å². The van der Waals surface area contributed by atoms with Crippen LogP contribution in [0, 0.1) is 17.8 Å². The number of hydrogen-bond acceptors (Lipinski definition) is 3. The molecular formula is C11H20N4. The van der Waals surface area contributed by atoms with Crippen LogP contribution in [-0.4, -0.2) is 20.6 Å². The van der Waals surface area contributed by atoms with Crippen molar-refractivity contribution < 1.29 is 0 Å². The Hall–Kier alpha value is -0.930. The van der Waals surface area contributed by atoms with E-state index in [1.807, 2.05) is 0 Å². The summed E-state index contributed by atoms with van der Waals surface area (Å²) in [5.74, 6) is 3.43. The van der Waals surface area contributed by atoms with E-state index in [4.69, 9.17) is 0 Å². The van der Waals surface area contributed by atoms with Crippen LogP contribution < -0.4 is 0 Å². The summed E-state index contributed by atoms with van der Waals surface area (Å²) in [5.41, 5.74) is 0. The summed E-state index contributed by atoms with van der Waals surface area (Å²) in [6.07, 6.45) is 6.41. The number of aromatic amines is 1. The summed E-state index contributed by atoms with van der Waals surface area (Å²) in [6, 6.07) is 0. The van der Waals surface area contributed by atoms with Gasteiger partial charge in [0.2, 0.25) is 0 Å². The van der Waals surface area contributed by atoms with Gasteiger partial charge in [0.25, 0.3) is 0 Å². The molecule has 84 valence electrons. The lowest BCUT2D eigenvalue weighted by Gasteiger charge is -2.30. The summed E-state index contributed by atoms with van der Waals surface area (Å²) < 4.78 is 0. The van der Waals surface area contributed by atoms with Crippen molar-refractivity contribution in [1.29, 1.82) is 0 Å². The molecule has 0 saturated heterocycles. The minimum Gasteiger partial charge on any atom is -0.177 e. The zero-order valence-electron chi connectivity index (χ0n) is 9.61. The highest BCUT2D eigenvalue weighted by Crippen LogP contribution is 2.34. The molecule has 1 saturated carbocycles. The first-order valence-corrected chi connectivity index (χ1v) is 5.98. The number of nitrogens with zero attached hydrogens (tertiary/aromatic N) is 3. The first-order valence-electron chi connectivity index (χ1n) is 5.98. The number of hydrogen-bond donors (Lipinski definition) is 1. The van der Waals surface area contributed by atoms with Gasteiger partial charge in [0, 0.05) is 6.42 Å². The van der Waals surface area contributed by atoms with E-state index in [-0.39, 0.29) is 0 Å². The maximum Gasteiger partial charge on any atom is 0.174 e. The van der Waals surface area contributed by atoms with Gasteiger partial charge in [0.05, 0.1) is 0 Å². The molecule has 1 fully saturated rings. The fraction of sp³-hybridized carbons (Fsp3) is 0.909. The molecule has 4 heteroatoms. The van der Waals surface area contributed by atoms with Gasteiger partial charge in [-0.15, -0.1) is 10.2 Å². The average Bonchev–Trinajstić information content (AvgIpc) is 2.71. The third-order valence-corrected chi connectivity index (χ3v) is 3.69. The number of H-pyrrole nitrogens is 1. The van der Waals surface area contributed by atoms with Gasteiger partial charge in [-0.2, -0.15) is 5.21 Å². The molecule has 0 aliphatic heterocycles. The first-order chi connectivity index (χ1) is 7.25. The molecule has 0 amide bonds. The molecule has 0 atom stereocenters. The smallest absolute Gasteiger partial charge is 0.174 e. The van der Waals surface area contributed by atoms with E-state index in [1.54, 1.807) is 0 Å². The van der Waals surface area contributed by atoms with Crippen molar-refractivity contribution in [3.05, 3.63) is 5.82 Å². The largest absolute Gasteiger partial charge is 0.177 e. The van der Waals surface area contributed by atoms with Crippen LogP contribution in [0.3, 0.4) is 0 Å².